The van der Waals surface area contributed by atoms with Gasteiger partial charge in [-0.05, 0) is 39.6 Å². The normalized spacial score (nSPS) is 12.9. The zero-order valence-corrected chi connectivity index (χ0v) is 36.7. The first-order chi connectivity index (χ1) is 22.0. The van der Waals surface area contributed by atoms with Crippen molar-refractivity contribution >= 4 is 37.6 Å². The third-order valence-corrected chi connectivity index (χ3v) is 13.7. The van der Waals surface area contributed by atoms with Crippen LogP contribution in [0, 0.1) is 6.07 Å². The molecule has 264 valence electrons. The van der Waals surface area contributed by atoms with Gasteiger partial charge in [0.05, 0.1) is 32.7 Å². The van der Waals surface area contributed by atoms with E-state index in [1.54, 1.807) is 0 Å². The van der Waals surface area contributed by atoms with Gasteiger partial charge in [-0.15, -0.1) is 29.3 Å². The van der Waals surface area contributed by atoms with Gasteiger partial charge in [-0.2, -0.15) is 0 Å². The van der Waals surface area contributed by atoms with Crippen LogP contribution in [0.2, 0.25) is 39.3 Å². The fraction of sp³-hybridized carbons (Fsp3) is 0.429. The van der Waals surface area contributed by atoms with Gasteiger partial charge < -0.3 is 9.67 Å². The van der Waals surface area contributed by atoms with Gasteiger partial charge in [0.2, 0.25) is 0 Å². The number of imidazole rings is 1. The number of fused-ring (bicyclic) bond motifs is 1. The molecule has 0 aliphatic rings. The maximum absolute atomic E-state index is 11.9. The molecule has 2 heterocycles. The Bertz CT molecular complexity index is 2000. The van der Waals surface area contributed by atoms with Crippen LogP contribution in [0.3, 0.4) is 0 Å². The minimum Gasteiger partial charge on any atom is -0.507 e. The molecule has 0 saturated carbocycles. The molecule has 4 nitrogen and oxygen atoms in total. The molecular formula is C42H56N3OPtSi2-. The molecule has 0 aliphatic heterocycles. The Hall–Kier alpha value is -2.80. The Morgan fingerprint density at radius 1 is 0.755 bits per heavy atom. The molecule has 0 atom stereocenters. The second kappa shape index (κ2) is 13.4. The molecule has 0 saturated heterocycles. The maximum atomic E-state index is 11.9. The van der Waals surface area contributed by atoms with Crippen LogP contribution in [-0.4, -0.2) is 35.8 Å². The summed E-state index contributed by atoms with van der Waals surface area (Å²) in [6.45, 7) is 31.9. The number of aromatic nitrogens is 3. The molecule has 0 bridgehead atoms. The predicted octanol–water partition coefficient (Wildman–Crippen LogP) is 10.3. The number of rotatable bonds is 6. The van der Waals surface area contributed by atoms with Crippen LogP contribution in [0.4, 0.5) is 0 Å². The third-order valence-electron chi connectivity index (χ3n) is 9.63. The van der Waals surface area contributed by atoms with Crippen molar-refractivity contribution in [3.63, 3.8) is 0 Å². The van der Waals surface area contributed by atoms with E-state index in [9.17, 15) is 5.11 Å². The van der Waals surface area contributed by atoms with Gasteiger partial charge in [0, 0.05) is 45.6 Å². The quantitative estimate of drug-likeness (QED) is 0.137. The van der Waals surface area contributed by atoms with Crippen molar-refractivity contribution in [3.8, 4) is 39.5 Å². The molecular weight excluding hydrogens is 814 g/mol. The minimum atomic E-state index is -1.74. The van der Waals surface area contributed by atoms with Crippen molar-refractivity contribution in [2.45, 2.75) is 111 Å². The first-order valence-corrected chi connectivity index (χ1v) is 24.4. The second-order valence-electron chi connectivity index (χ2n) is 18.1. The summed E-state index contributed by atoms with van der Waals surface area (Å²) < 4.78 is 2.18. The predicted molar refractivity (Wildman–Crippen MR) is 213 cm³/mol. The number of hydrogen-bond donors (Lipinski definition) is 1. The Morgan fingerprint density at radius 3 is 1.88 bits per heavy atom. The van der Waals surface area contributed by atoms with Crippen molar-refractivity contribution in [1.82, 2.24) is 14.5 Å². The molecule has 0 fully saturated rings. The standard InChI is InChI=1S/C42H56N3OSi2.Pt/c1-26(2)27-18-28(20-29(19-27)36-17-16-31(25-43-36)47(10,11)12)33-23-32(48(13,14)15)24-37-38(33)44-40(45(37)9)34-21-30(41(3,4)5)22-35(39(34)46)42(6,7)8;/h16-19,21-26,46H,1-15H3;/q-1;. The average molecular weight is 870 g/mol. The zero-order chi connectivity index (χ0) is 35.7. The van der Waals surface area contributed by atoms with Gasteiger partial charge in [-0.3, -0.25) is 4.98 Å². The van der Waals surface area contributed by atoms with Crippen molar-refractivity contribution in [2.24, 2.45) is 7.05 Å². The summed E-state index contributed by atoms with van der Waals surface area (Å²) in [5, 5.41) is 14.6. The van der Waals surface area contributed by atoms with Crippen LogP contribution in [0.1, 0.15) is 78.0 Å². The van der Waals surface area contributed by atoms with E-state index >= 15 is 0 Å². The molecule has 0 radical (unpaired) electrons. The summed E-state index contributed by atoms with van der Waals surface area (Å²) in [4.78, 5) is 10.3. The number of pyridine rings is 1. The van der Waals surface area contributed by atoms with E-state index in [0.29, 0.717) is 11.7 Å². The van der Waals surface area contributed by atoms with Crippen LogP contribution >= 0.6 is 0 Å². The fourth-order valence-electron chi connectivity index (χ4n) is 6.18. The number of hydrogen-bond acceptors (Lipinski definition) is 3. The second-order valence-corrected chi connectivity index (χ2v) is 28.3. The number of aryl methyl sites for hydroxylation is 1. The Labute approximate surface area is 312 Å². The molecule has 0 unspecified atom stereocenters. The average Bonchev–Trinajstić information content (AvgIpc) is 3.30. The molecule has 7 heteroatoms. The summed E-state index contributed by atoms with van der Waals surface area (Å²) in [6.07, 6.45) is 2.07. The van der Waals surface area contributed by atoms with Gasteiger partial charge in [0.25, 0.3) is 0 Å². The number of phenols is 1. The van der Waals surface area contributed by atoms with E-state index in [0.717, 1.165) is 50.4 Å². The number of benzene rings is 3. The Kier molecular flexibility index (Phi) is 10.7. The molecule has 0 amide bonds. The Morgan fingerprint density at radius 2 is 1.37 bits per heavy atom. The molecule has 5 rings (SSSR count). The minimum absolute atomic E-state index is 0. The Balaban J connectivity index is 0.00000541. The van der Waals surface area contributed by atoms with Gasteiger partial charge in [0.1, 0.15) is 11.6 Å². The first kappa shape index (κ1) is 39.0. The summed E-state index contributed by atoms with van der Waals surface area (Å²) >= 11 is 0. The smallest absolute Gasteiger partial charge is 0.143 e. The van der Waals surface area contributed by atoms with Crippen LogP contribution in [0.15, 0.2) is 54.7 Å². The molecule has 49 heavy (non-hydrogen) atoms. The van der Waals surface area contributed by atoms with Crippen molar-refractivity contribution < 1.29 is 26.2 Å². The largest absolute Gasteiger partial charge is 0.507 e. The number of phenolic OH excluding ortho intramolecular Hbond substituents is 1. The maximum Gasteiger partial charge on any atom is 0.143 e. The van der Waals surface area contributed by atoms with Gasteiger partial charge in [-0.25, -0.2) is 4.98 Å². The fourth-order valence-corrected chi connectivity index (χ4v) is 8.36. The topological polar surface area (TPSA) is 50.9 Å². The summed E-state index contributed by atoms with van der Waals surface area (Å²) in [5.74, 6) is 1.42. The molecule has 3 aromatic carbocycles. The third kappa shape index (κ3) is 7.92. The van der Waals surface area contributed by atoms with E-state index in [1.807, 2.05) is 0 Å². The summed E-state index contributed by atoms with van der Waals surface area (Å²) in [6, 6.07) is 21.8. The first-order valence-electron chi connectivity index (χ1n) is 17.4. The van der Waals surface area contributed by atoms with E-state index in [4.69, 9.17) is 9.97 Å². The van der Waals surface area contributed by atoms with Gasteiger partial charge in [-0.1, -0.05) is 135 Å². The van der Waals surface area contributed by atoms with Crippen LogP contribution in [0.5, 0.6) is 5.75 Å². The van der Waals surface area contributed by atoms with Crippen LogP contribution in [0.25, 0.3) is 44.8 Å². The van der Waals surface area contributed by atoms with E-state index in [1.165, 1.54) is 21.5 Å². The SMILES string of the molecule is CC(C)c1cc(-c2ccc([Si](C)(C)C)cn2)[c-]c(-c2cc([Si](C)(C)C)cc3c2nc(-c2cc(C(C)(C)C)cc(C(C)(C)C)c2O)n3C)c1.[Pt]. The summed E-state index contributed by atoms with van der Waals surface area (Å²) in [5.41, 5.74) is 9.89. The van der Waals surface area contributed by atoms with Crippen LogP contribution in [-0.2, 0) is 38.9 Å². The van der Waals surface area contributed by atoms with Gasteiger partial charge >= 0.3 is 0 Å². The van der Waals surface area contributed by atoms with E-state index in [2.05, 4.69) is 167 Å². The van der Waals surface area contributed by atoms with Crippen molar-refractivity contribution in [2.75, 3.05) is 0 Å². The van der Waals surface area contributed by atoms with Crippen LogP contribution < -0.4 is 10.4 Å². The molecule has 1 N–H and O–H groups in total. The number of aromatic hydroxyl groups is 1. The monoisotopic (exact) mass is 869 g/mol. The van der Waals surface area contributed by atoms with E-state index in [-0.39, 0.29) is 31.9 Å². The van der Waals surface area contributed by atoms with E-state index < -0.39 is 16.1 Å². The molecule has 0 aliphatic carbocycles. The zero-order valence-electron chi connectivity index (χ0n) is 32.4. The van der Waals surface area contributed by atoms with Crippen molar-refractivity contribution in [1.29, 1.82) is 0 Å². The molecule has 2 aromatic heterocycles. The van der Waals surface area contributed by atoms with Crippen molar-refractivity contribution in [3.05, 3.63) is 77.5 Å². The molecule has 5 aromatic rings. The summed E-state index contributed by atoms with van der Waals surface area (Å²) in [7, 11) is -1.11. The van der Waals surface area contributed by atoms with Gasteiger partial charge in [0.15, 0.2) is 0 Å². The number of nitrogens with zero attached hydrogens (tertiary/aromatic N) is 3. The molecule has 0 spiro atoms.